The summed E-state index contributed by atoms with van der Waals surface area (Å²) >= 11 is 0. The maximum atomic E-state index is 11.5. The average Bonchev–Trinajstić information content (AvgIpc) is 2.46. The van der Waals surface area contributed by atoms with Gasteiger partial charge in [-0.2, -0.15) is 0 Å². The second-order valence-corrected chi connectivity index (χ2v) is 7.50. The van der Waals surface area contributed by atoms with Crippen LogP contribution in [0.25, 0.3) is 0 Å². The van der Waals surface area contributed by atoms with Crippen LogP contribution >= 0.6 is 0 Å². The van der Waals surface area contributed by atoms with Crippen molar-refractivity contribution >= 4 is 5.97 Å². The number of rotatable bonds is 14. The maximum absolute atomic E-state index is 11.5. The van der Waals surface area contributed by atoms with Crippen LogP contribution in [-0.4, -0.2) is 5.97 Å². The van der Waals surface area contributed by atoms with Gasteiger partial charge < -0.3 is 4.74 Å². The van der Waals surface area contributed by atoms with E-state index in [-0.39, 0.29) is 5.97 Å². The molecular weight excluding hydrogens is 272 g/mol. The quantitative estimate of drug-likeness (QED) is 0.259. The number of carbonyl (C=O) groups excluding carboxylic acids is 1. The molecule has 0 aliphatic rings. The van der Waals surface area contributed by atoms with Gasteiger partial charge in [-0.15, -0.1) is 0 Å². The molecule has 0 saturated carbocycles. The predicted molar refractivity (Wildman–Crippen MR) is 95.5 cm³/mol. The molecule has 0 aromatic rings. The molecule has 0 heterocycles. The Morgan fingerprint density at radius 2 is 1.18 bits per heavy atom. The summed E-state index contributed by atoms with van der Waals surface area (Å²) in [5, 5.41) is 0. The number of unbranched alkanes of at least 4 members (excludes halogenated alkanes) is 12. The summed E-state index contributed by atoms with van der Waals surface area (Å²) in [6.45, 7) is 9.60. The van der Waals surface area contributed by atoms with Crippen LogP contribution in [0.2, 0.25) is 0 Å². The summed E-state index contributed by atoms with van der Waals surface area (Å²) in [4.78, 5) is 11.5. The highest BCUT2D eigenvalue weighted by molar-refractivity contribution is 5.75. The van der Waals surface area contributed by atoms with E-state index in [1.807, 2.05) is 20.8 Å². The number of hydrogen-bond donors (Lipinski definition) is 0. The molecule has 1 radical (unpaired) electrons. The number of esters is 1. The topological polar surface area (TPSA) is 26.3 Å². The van der Waals surface area contributed by atoms with Gasteiger partial charge in [-0.1, -0.05) is 77.6 Å². The van der Waals surface area contributed by atoms with Crippen molar-refractivity contribution in [1.29, 1.82) is 0 Å². The minimum absolute atomic E-state index is 0.133. The maximum Gasteiger partial charge on any atom is 0.311 e. The normalized spacial score (nSPS) is 11.6. The van der Waals surface area contributed by atoms with Crippen LogP contribution in [0.1, 0.15) is 111 Å². The largest absolute Gasteiger partial charge is 0.458 e. The molecule has 0 aromatic carbocycles. The van der Waals surface area contributed by atoms with Crippen LogP contribution in [0.4, 0.5) is 0 Å². The van der Waals surface area contributed by atoms with Crippen LogP contribution < -0.4 is 0 Å². The highest BCUT2D eigenvalue weighted by atomic mass is 16.5. The van der Waals surface area contributed by atoms with Crippen LogP contribution in [0.15, 0.2) is 0 Å². The van der Waals surface area contributed by atoms with Crippen LogP contribution in [0.5, 0.6) is 0 Å². The Morgan fingerprint density at radius 1 is 0.773 bits per heavy atom. The van der Waals surface area contributed by atoms with Gasteiger partial charge in [-0.05, 0) is 33.6 Å². The van der Waals surface area contributed by atoms with Crippen molar-refractivity contribution in [2.24, 2.45) is 5.41 Å². The molecule has 0 rings (SSSR count). The minimum Gasteiger partial charge on any atom is -0.458 e. The number of carbonyl (C=O) groups is 1. The smallest absolute Gasteiger partial charge is 0.311 e. The van der Waals surface area contributed by atoms with E-state index in [1.54, 1.807) is 6.61 Å². The molecule has 22 heavy (non-hydrogen) atoms. The second kappa shape index (κ2) is 14.1. The Kier molecular flexibility index (Phi) is 13.7. The zero-order valence-corrected chi connectivity index (χ0v) is 15.6. The molecule has 2 heteroatoms. The summed E-state index contributed by atoms with van der Waals surface area (Å²) in [6.07, 6.45) is 17.2. The highest BCUT2D eigenvalue weighted by Crippen LogP contribution is 2.17. The molecule has 0 saturated heterocycles. The third-order valence-electron chi connectivity index (χ3n) is 3.98. The molecule has 0 fully saturated rings. The monoisotopic (exact) mass is 311 g/mol. The Balaban J connectivity index is 3.13. The SMILES string of the molecule is CCCCCCCCCCCCCC[CH]OC(=O)C(C)(C)C. The van der Waals surface area contributed by atoms with E-state index in [2.05, 4.69) is 6.92 Å². The lowest BCUT2D eigenvalue weighted by molar-refractivity contribution is -0.149. The first-order chi connectivity index (χ1) is 10.5. The Labute approximate surface area is 139 Å². The van der Waals surface area contributed by atoms with Gasteiger partial charge in [0.05, 0.1) is 5.41 Å². The van der Waals surface area contributed by atoms with Crippen molar-refractivity contribution in [2.75, 3.05) is 0 Å². The van der Waals surface area contributed by atoms with Gasteiger partial charge in [0.1, 0.15) is 6.61 Å². The summed E-state index contributed by atoms with van der Waals surface area (Å²) in [5.74, 6) is -0.133. The zero-order chi connectivity index (χ0) is 16.7. The minimum atomic E-state index is -0.396. The zero-order valence-electron chi connectivity index (χ0n) is 15.6. The lowest BCUT2D eigenvalue weighted by Gasteiger charge is -2.15. The fourth-order valence-corrected chi connectivity index (χ4v) is 2.38. The molecular formula is C20H39O2. The standard InChI is InChI=1S/C20H39O2/c1-5-6-7-8-9-10-11-12-13-14-15-16-17-18-22-19(21)20(2,3)4/h18H,5-17H2,1-4H3. The Hall–Kier alpha value is -0.530. The van der Waals surface area contributed by atoms with Crippen molar-refractivity contribution in [1.82, 2.24) is 0 Å². The van der Waals surface area contributed by atoms with Crippen molar-refractivity contribution in [3.63, 3.8) is 0 Å². The molecule has 0 N–H and O–H groups in total. The molecule has 0 unspecified atom stereocenters. The van der Waals surface area contributed by atoms with Crippen LogP contribution in [0, 0.1) is 12.0 Å². The van der Waals surface area contributed by atoms with Gasteiger partial charge in [0.2, 0.25) is 0 Å². The molecule has 0 aliphatic heterocycles. The first kappa shape index (κ1) is 21.5. The molecule has 0 atom stereocenters. The van der Waals surface area contributed by atoms with Gasteiger partial charge in [0.15, 0.2) is 0 Å². The lowest BCUT2D eigenvalue weighted by atomic mass is 9.97. The van der Waals surface area contributed by atoms with E-state index >= 15 is 0 Å². The fourth-order valence-electron chi connectivity index (χ4n) is 2.38. The highest BCUT2D eigenvalue weighted by Gasteiger charge is 2.22. The van der Waals surface area contributed by atoms with E-state index in [0.717, 1.165) is 12.8 Å². The first-order valence-corrected chi connectivity index (χ1v) is 9.51. The van der Waals surface area contributed by atoms with E-state index in [0.29, 0.717) is 0 Å². The third kappa shape index (κ3) is 14.4. The Bertz CT molecular complexity index is 253. The van der Waals surface area contributed by atoms with Gasteiger partial charge in [0.25, 0.3) is 0 Å². The first-order valence-electron chi connectivity index (χ1n) is 9.51. The van der Waals surface area contributed by atoms with E-state index < -0.39 is 5.41 Å². The molecule has 2 nitrogen and oxygen atoms in total. The van der Waals surface area contributed by atoms with Gasteiger partial charge >= 0.3 is 5.97 Å². The fraction of sp³-hybridized carbons (Fsp3) is 0.900. The van der Waals surface area contributed by atoms with E-state index in [9.17, 15) is 4.79 Å². The van der Waals surface area contributed by atoms with Crippen LogP contribution in [0.3, 0.4) is 0 Å². The third-order valence-corrected chi connectivity index (χ3v) is 3.98. The second-order valence-electron chi connectivity index (χ2n) is 7.50. The van der Waals surface area contributed by atoms with Gasteiger partial charge in [-0.25, -0.2) is 0 Å². The molecule has 0 amide bonds. The summed E-state index contributed by atoms with van der Waals surface area (Å²) in [6, 6.07) is 0. The summed E-state index contributed by atoms with van der Waals surface area (Å²) in [7, 11) is 0. The molecule has 0 bridgehead atoms. The molecule has 131 valence electrons. The lowest BCUT2D eigenvalue weighted by Crippen LogP contribution is -2.21. The molecule has 0 spiro atoms. The Morgan fingerprint density at radius 3 is 1.59 bits per heavy atom. The van der Waals surface area contributed by atoms with E-state index in [1.165, 1.54) is 70.6 Å². The predicted octanol–water partition coefficient (Wildman–Crippen LogP) is 6.83. The number of hydrogen-bond acceptors (Lipinski definition) is 2. The number of ether oxygens (including phenoxy) is 1. The summed E-state index contributed by atoms with van der Waals surface area (Å²) < 4.78 is 5.14. The van der Waals surface area contributed by atoms with Gasteiger partial charge in [-0.3, -0.25) is 4.79 Å². The van der Waals surface area contributed by atoms with Crippen molar-refractivity contribution in [2.45, 2.75) is 111 Å². The van der Waals surface area contributed by atoms with Crippen molar-refractivity contribution < 1.29 is 9.53 Å². The average molecular weight is 312 g/mol. The summed E-state index contributed by atoms with van der Waals surface area (Å²) in [5.41, 5.74) is -0.396. The van der Waals surface area contributed by atoms with Crippen molar-refractivity contribution in [3.05, 3.63) is 6.61 Å². The van der Waals surface area contributed by atoms with E-state index in [4.69, 9.17) is 4.74 Å². The molecule has 0 aromatic heterocycles. The van der Waals surface area contributed by atoms with Crippen molar-refractivity contribution in [3.8, 4) is 0 Å². The van der Waals surface area contributed by atoms with Crippen LogP contribution in [-0.2, 0) is 9.53 Å². The molecule has 0 aliphatic carbocycles. The van der Waals surface area contributed by atoms with Gasteiger partial charge in [0, 0.05) is 0 Å².